The first-order chi connectivity index (χ1) is 23.9. The predicted molar refractivity (Wildman–Crippen MR) is 208 cm³/mol. The molecule has 284 valence electrons. The molecule has 4 fully saturated rings. The molecule has 4 aliphatic rings. The number of piperazine rings is 4. The third-order valence-corrected chi connectivity index (χ3v) is 10.7. The van der Waals surface area contributed by atoms with E-state index in [0.717, 1.165) is 0 Å². The summed E-state index contributed by atoms with van der Waals surface area (Å²) in [4.78, 5) is 10.4. The summed E-state index contributed by atoms with van der Waals surface area (Å²) in [5, 5.41) is 20.9. The highest BCUT2D eigenvalue weighted by Gasteiger charge is 2.10. The minimum atomic E-state index is 1.18. The van der Waals surface area contributed by atoms with Crippen LogP contribution in [-0.2, 0) is 0 Å². The van der Waals surface area contributed by atoms with Crippen molar-refractivity contribution < 1.29 is 0 Å². The molecule has 0 aromatic heterocycles. The van der Waals surface area contributed by atoms with Crippen molar-refractivity contribution in [2.75, 3.05) is 157 Å². The highest BCUT2D eigenvalue weighted by atomic mass is 15.2. The van der Waals surface area contributed by atoms with Crippen LogP contribution in [-0.4, -0.2) is 177 Å². The molecule has 0 saturated carbocycles. The second kappa shape index (κ2) is 31.3. The zero-order valence-corrected chi connectivity index (χ0v) is 31.7. The van der Waals surface area contributed by atoms with Crippen molar-refractivity contribution >= 4 is 0 Å². The average molecular weight is 679 g/mol. The van der Waals surface area contributed by atoms with Crippen LogP contribution in [0, 0.1) is 0 Å². The zero-order valence-electron chi connectivity index (χ0n) is 31.7. The third kappa shape index (κ3) is 23.9. The quantitative estimate of drug-likeness (QED) is 0.0767. The summed E-state index contributed by atoms with van der Waals surface area (Å²) in [6.07, 6.45) is 19.2. The molecular formula is C38H82N10. The second-order valence-corrected chi connectivity index (χ2v) is 14.8. The lowest BCUT2D eigenvalue weighted by atomic mass is 10.1. The topological polar surface area (TPSA) is 85.1 Å². The van der Waals surface area contributed by atoms with E-state index in [1.54, 1.807) is 0 Å². The van der Waals surface area contributed by atoms with Crippen LogP contribution in [0.4, 0.5) is 0 Å². The number of unbranched alkanes of at least 4 members (excludes halogenated alkanes) is 10. The molecule has 0 spiro atoms. The Hall–Kier alpha value is -0.400. The van der Waals surface area contributed by atoms with E-state index in [1.165, 1.54) is 247 Å². The lowest BCUT2D eigenvalue weighted by Crippen LogP contribution is -2.43. The molecule has 4 heterocycles. The van der Waals surface area contributed by atoms with E-state index in [2.05, 4.69) is 51.5 Å². The maximum atomic E-state index is 3.63. The van der Waals surface area contributed by atoms with Gasteiger partial charge in [-0.3, -0.25) is 0 Å². The predicted octanol–water partition coefficient (Wildman–Crippen LogP) is 2.23. The van der Waals surface area contributed by atoms with Crippen LogP contribution in [0.3, 0.4) is 0 Å². The van der Waals surface area contributed by atoms with Crippen LogP contribution in [0.15, 0.2) is 0 Å². The molecule has 0 amide bonds. The van der Waals surface area contributed by atoms with E-state index in [4.69, 9.17) is 0 Å². The number of hydrogen-bond acceptors (Lipinski definition) is 10. The van der Waals surface area contributed by atoms with Gasteiger partial charge in [0.1, 0.15) is 0 Å². The van der Waals surface area contributed by atoms with E-state index in [1.807, 2.05) is 0 Å². The maximum absolute atomic E-state index is 3.63. The van der Waals surface area contributed by atoms with Crippen molar-refractivity contribution in [1.82, 2.24) is 51.5 Å². The summed E-state index contributed by atoms with van der Waals surface area (Å²) in [7, 11) is 0. The van der Waals surface area contributed by atoms with Gasteiger partial charge in [0, 0.05) is 105 Å². The first kappa shape index (κ1) is 42.0. The van der Waals surface area contributed by atoms with Gasteiger partial charge in [-0.2, -0.15) is 0 Å². The van der Waals surface area contributed by atoms with Gasteiger partial charge >= 0.3 is 0 Å². The van der Waals surface area contributed by atoms with E-state index >= 15 is 0 Å². The Labute approximate surface area is 298 Å². The van der Waals surface area contributed by atoms with Crippen LogP contribution in [0.2, 0.25) is 0 Å². The highest BCUT2D eigenvalue weighted by Crippen LogP contribution is 2.05. The maximum Gasteiger partial charge on any atom is 0.0107 e. The first-order valence-corrected chi connectivity index (χ1v) is 21.0. The average Bonchev–Trinajstić information content (AvgIpc) is 3.14. The molecule has 0 aromatic rings. The Balaban J connectivity index is 0.000000261. The smallest absolute Gasteiger partial charge is 0.0107 e. The van der Waals surface area contributed by atoms with E-state index < -0.39 is 0 Å². The molecule has 0 unspecified atom stereocenters. The molecule has 10 nitrogen and oxygen atoms in total. The van der Waals surface area contributed by atoms with Gasteiger partial charge in [0.2, 0.25) is 0 Å². The van der Waals surface area contributed by atoms with Crippen molar-refractivity contribution in [2.24, 2.45) is 0 Å². The first-order valence-electron chi connectivity index (χ1n) is 21.0. The van der Waals surface area contributed by atoms with E-state index in [0.29, 0.717) is 0 Å². The zero-order chi connectivity index (χ0) is 33.4. The van der Waals surface area contributed by atoms with Gasteiger partial charge in [-0.05, 0) is 104 Å². The fourth-order valence-corrected chi connectivity index (χ4v) is 7.39. The van der Waals surface area contributed by atoms with Gasteiger partial charge in [0.05, 0.1) is 0 Å². The van der Waals surface area contributed by atoms with Crippen molar-refractivity contribution in [3.63, 3.8) is 0 Å². The Morgan fingerprint density at radius 3 is 0.729 bits per heavy atom. The summed E-state index contributed by atoms with van der Waals surface area (Å²) in [6.45, 7) is 29.4. The molecule has 0 aromatic carbocycles. The summed E-state index contributed by atoms with van der Waals surface area (Å²) < 4.78 is 0. The minimum absolute atomic E-state index is 1.18. The van der Waals surface area contributed by atoms with Crippen LogP contribution in [0.1, 0.15) is 89.9 Å². The number of nitrogens with zero attached hydrogens (tertiary/aromatic N) is 4. The van der Waals surface area contributed by atoms with Gasteiger partial charge in [-0.1, -0.05) is 38.5 Å². The second-order valence-electron chi connectivity index (χ2n) is 14.8. The third-order valence-electron chi connectivity index (χ3n) is 10.7. The summed E-state index contributed by atoms with van der Waals surface area (Å²) >= 11 is 0. The Morgan fingerprint density at radius 2 is 0.479 bits per heavy atom. The van der Waals surface area contributed by atoms with Crippen molar-refractivity contribution in [3.8, 4) is 0 Å². The SMILES string of the molecule is C(CCCN1CCNCC1)CCNCCCCCCN1CCNCC1.C(CCNCCCCCN1CCNCC1)CCN1CCNCC1. The van der Waals surface area contributed by atoms with Crippen LogP contribution >= 0.6 is 0 Å². The normalized spacial score (nSPS) is 20.5. The molecule has 0 atom stereocenters. The molecule has 10 heteroatoms. The van der Waals surface area contributed by atoms with Crippen LogP contribution < -0.4 is 31.9 Å². The van der Waals surface area contributed by atoms with Gasteiger partial charge < -0.3 is 51.5 Å². The molecule has 4 rings (SSSR count). The number of nitrogens with one attached hydrogen (secondary N) is 6. The van der Waals surface area contributed by atoms with E-state index in [-0.39, 0.29) is 0 Å². The van der Waals surface area contributed by atoms with Crippen molar-refractivity contribution in [3.05, 3.63) is 0 Å². The van der Waals surface area contributed by atoms with Crippen LogP contribution in [0.25, 0.3) is 0 Å². The minimum Gasteiger partial charge on any atom is -0.317 e. The lowest BCUT2D eigenvalue weighted by Gasteiger charge is -2.27. The van der Waals surface area contributed by atoms with Crippen LogP contribution in [0.5, 0.6) is 0 Å². The Bertz CT molecular complexity index is 608. The fourth-order valence-electron chi connectivity index (χ4n) is 7.39. The van der Waals surface area contributed by atoms with Crippen molar-refractivity contribution in [1.29, 1.82) is 0 Å². The monoisotopic (exact) mass is 679 g/mol. The van der Waals surface area contributed by atoms with Gasteiger partial charge in [-0.15, -0.1) is 0 Å². The molecule has 4 aliphatic heterocycles. The Kier molecular flexibility index (Phi) is 27.4. The number of rotatable bonds is 26. The molecule has 4 saturated heterocycles. The standard InChI is InChI=1S/C20H43N5.C18H39N5/c1(3-7-15-24-17-11-22-12-18-24)5-9-21-10-6-2-4-8-16-25-19-13-23-14-20-25;1(5-13-22-15-9-20-10-16-22)3-7-19-8-4-2-6-14-23-17-11-21-12-18-23/h21-23H,1-20H2;19-21H,1-18H2. The molecular weight excluding hydrogens is 596 g/mol. The largest absolute Gasteiger partial charge is 0.317 e. The number of hydrogen-bond donors (Lipinski definition) is 6. The van der Waals surface area contributed by atoms with Gasteiger partial charge in [0.25, 0.3) is 0 Å². The molecule has 0 radical (unpaired) electrons. The fraction of sp³-hybridized carbons (Fsp3) is 1.00. The molecule has 0 bridgehead atoms. The molecule has 48 heavy (non-hydrogen) atoms. The summed E-state index contributed by atoms with van der Waals surface area (Å²) in [5.74, 6) is 0. The summed E-state index contributed by atoms with van der Waals surface area (Å²) in [5.41, 5.74) is 0. The highest BCUT2D eigenvalue weighted by molar-refractivity contribution is 4.70. The van der Waals surface area contributed by atoms with Gasteiger partial charge in [-0.25, -0.2) is 0 Å². The molecule has 0 aliphatic carbocycles. The Morgan fingerprint density at radius 1 is 0.271 bits per heavy atom. The van der Waals surface area contributed by atoms with E-state index in [9.17, 15) is 0 Å². The van der Waals surface area contributed by atoms with Gasteiger partial charge in [0.15, 0.2) is 0 Å². The molecule has 6 N–H and O–H groups in total. The summed E-state index contributed by atoms with van der Waals surface area (Å²) in [6, 6.07) is 0. The lowest BCUT2D eigenvalue weighted by molar-refractivity contribution is 0.235. The van der Waals surface area contributed by atoms with Crippen molar-refractivity contribution in [2.45, 2.75) is 89.9 Å².